The summed E-state index contributed by atoms with van der Waals surface area (Å²) in [5.41, 5.74) is 0. The van der Waals surface area contributed by atoms with Gasteiger partial charge in [0.2, 0.25) is 5.91 Å². The van der Waals surface area contributed by atoms with Crippen LogP contribution in [-0.4, -0.2) is 25.0 Å². The van der Waals surface area contributed by atoms with Crippen molar-refractivity contribution >= 4 is 5.91 Å². The standard InChI is InChI=1S/C10H17N3O/c11-6-3-7-12-10(14)8-13-9-4-1-2-5-9/h9,13H,1-5,7-8H2,(H,12,14). The summed E-state index contributed by atoms with van der Waals surface area (Å²) in [5.74, 6) is -0.00727. The van der Waals surface area contributed by atoms with Gasteiger partial charge in [0.15, 0.2) is 0 Å². The molecule has 0 aromatic rings. The number of nitriles is 1. The van der Waals surface area contributed by atoms with E-state index in [0.29, 0.717) is 25.6 Å². The van der Waals surface area contributed by atoms with Crippen molar-refractivity contribution in [2.24, 2.45) is 0 Å². The van der Waals surface area contributed by atoms with E-state index >= 15 is 0 Å². The lowest BCUT2D eigenvalue weighted by molar-refractivity contribution is -0.120. The molecule has 0 aromatic carbocycles. The second-order valence-electron chi connectivity index (χ2n) is 3.62. The van der Waals surface area contributed by atoms with Gasteiger partial charge in [0, 0.05) is 12.6 Å². The van der Waals surface area contributed by atoms with Crippen LogP contribution in [0.1, 0.15) is 32.1 Å². The Balaban J connectivity index is 2.00. The van der Waals surface area contributed by atoms with E-state index in [2.05, 4.69) is 10.6 Å². The Morgan fingerprint density at radius 2 is 2.14 bits per heavy atom. The number of amides is 1. The Hall–Kier alpha value is -1.08. The lowest BCUT2D eigenvalue weighted by Crippen LogP contribution is -2.38. The van der Waals surface area contributed by atoms with Crippen molar-refractivity contribution in [3.8, 4) is 6.07 Å². The molecule has 0 heterocycles. The average molecular weight is 195 g/mol. The van der Waals surface area contributed by atoms with Gasteiger partial charge in [0.25, 0.3) is 0 Å². The van der Waals surface area contributed by atoms with Crippen molar-refractivity contribution < 1.29 is 4.79 Å². The van der Waals surface area contributed by atoms with Crippen molar-refractivity contribution in [2.45, 2.75) is 38.1 Å². The van der Waals surface area contributed by atoms with Crippen molar-refractivity contribution in [2.75, 3.05) is 13.1 Å². The summed E-state index contributed by atoms with van der Waals surface area (Å²) >= 11 is 0. The van der Waals surface area contributed by atoms with E-state index in [1.807, 2.05) is 6.07 Å². The summed E-state index contributed by atoms with van der Waals surface area (Å²) in [7, 11) is 0. The van der Waals surface area contributed by atoms with Crippen LogP contribution in [0.15, 0.2) is 0 Å². The Labute approximate surface area is 84.7 Å². The molecule has 4 heteroatoms. The van der Waals surface area contributed by atoms with Gasteiger partial charge in [-0.15, -0.1) is 0 Å². The normalized spacial score (nSPS) is 16.5. The van der Waals surface area contributed by atoms with Crippen LogP contribution in [-0.2, 0) is 4.79 Å². The SMILES string of the molecule is N#CCCNC(=O)CNC1CCCC1. The maximum absolute atomic E-state index is 11.2. The molecule has 1 aliphatic rings. The van der Waals surface area contributed by atoms with Crippen molar-refractivity contribution in [1.82, 2.24) is 10.6 Å². The van der Waals surface area contributed by atoms with Crippen molar-refractivity contribution in [1.29, 1.82) is 5.26 Å². The molecule has 0 saturated heterocycles. The Kier molecular flexibility index (Phi) is 5.02. The summed E-state index contributed by atoms with van der Waals surface area (Å²) in [4.78, 5) is 11.2. The van der Waals surface area contributed by atoms with E-state index < -0.39 is 0 Å². The molecule has 4 nitrogen and oxygen atoms in total. The van der Waals surface area contributed by atoms with E-state index in [-0.39, 0.29) is 5.91 Å². The molecule has 0 radical (unpaired) electrons. The van der Waals surface area contributed by atoms with Crippen LogP contribution >= 0.6 is 0 Å². The monoisotopic (exact) mass is 195 g/mol. The minimum atomic E-state index is -0.00727. The lowest BCUT2D eigenvalue weighted by Gasteiger charge is -2.10. The maximum atomic E-state index is 11.2. The van der Waals surface area contributed by atoms with Gasteiger partial charge < -0.3 is 10.6 Å². The first-order chi connectivity index (χ1) is 6.83. The molecule has 14 heavy (non-hydrogen) atoms. The highest BCUT2D eigenvalue weighted by molar-refractivity contribution is 5.77. The van der Waals surface area contributed by atoms with Gasteiger partial charge in [-0.1, -0.05) is 12.8 Å². The Bertz CT molecular complexity index is 216. The maximum Gasteiger partial charge on any atom is 0.233 e. The second-order valence-corrected chi connectivity index (χ2v) is 3.62. The first-order valence-corrected chi connectivity index (χ1v) is 5.20. The first-order valence-electron chi connectivity index (χ1n) is 5.20. The number of nitrogens with one attached hydrogen (secondary N) is 2. The van der Waals surface area contributed by atoms with E-state index in [1.165, 1.54) is 25.7 Å². The quantitative estimate of drug-likeness (QED) is 0.630. The summed E-state index contributed by atoms with van der Waals surface area (Å²) in [6, 6.07) is 2.51. The molecule has 78 valence electrons. The fourth-order valence-electron chi connectivity index (χ4n) is 1.69. The fourth-order valence-corrected chi connectivity index (χ4v) is 1.69. The highest BCUT2D eigenvalue weighted by Crippen LogP contribution is 2.16. The second kappa shape index (κ2) is 6.39. The third-order valence-corrected chi connectivity index (χ3v) is 2.47. The predicted molar refractivity (Wildman–Crippen MR) is 53.5 cm³/mol. The summed E-state index contributed by atoms with van der Waals surface area (Å²) in [5, 5.41) is 14.2. The summed E-state index contributed by atoms with van der Waals surface area (Å²) in [6.07, 6.45) is 5.30. The molecule has 1 rings (SSSR count). The highest BCUT2D eigenvalue weighted by atomic mass is 16.1. The molecule has 1 aliphatic carbocycles. The zero-order valence-corrected chi connectivity index (χ0v) is 8.38. The molecule has 0 unspecified atom stereocenters. The Morgan fingerprint density at radius 1 is 1.43 bits per heavy atom. The van der Waals surface area contributed by atoms with E-state index in [9.17, 15) is 4.79 Å². The molecule has 2 N–H and O–H groups in total. The molecular weight excluding hydrogens is 178 g/mol. The average Bonchev–Trinajstić information content (AvgIpc) is 2.68. The molecule has 1 fully saturated rings. The zero-order valence-electron chi connectivity index (χ0n) is 8.38. The topological polar surface area (TPSA) is 64.9 Å². The van der Waals surface area contributed by atoms with Crippen molar-refractivity contribution in [3.05, 3.63) is 0 Å². The molecular formula is C10H17N3O. The molecule has 0 bridgehead atoms. The minimum Gasteiger partial charge on any atom is -0.354 e. The largest absolute Gasteiger partial charge is 0.354 e. The Morgan fingerprint density at radius 3 is 2.79 bits per heavy atom. The first kappa shape index (κ1) is 11.0. The number of hydrogen-bond acceptors (Lipinski definition) is 3. The number of rotatable bonds is 5. The molecule has 1 saturated carbocycles. The van der Waals surface area contributed by atoms with Crippen LogP contribution in [0.25, 0.3) is 0 Å². The van der Waals surface area contributed by atoms with E-state index in [1.54, 1.807) is 0 Å². The van der Waals surface area contributed by atoms with Gasteiger partial charge in [-0.3, -0.25) is 4.79 Å². The third kappa shape index (κ3) is 4.24. The van der Waals surface area contributed by atoms with Gasteiger partial charge in [0.05, 0.1) is 19.0 Å². The van der Waals surface area contributed by atoms with Gasteiger partial charge >= 0.3 is 0 Å². The zero-order chi connectivity index (χ0) is 10.2. The summed E-state index contributed by atoms with van der Waals surface area (Å²) < 4.78 is 0. The van der Waals surface area contributed by atoms with Crippen LogP contribution in [0.4, 0.5) is 0 Å². The van der Waals surface area contributed by atoms with Crippen LogP contribution in [0.3, 0.4) is 0 Å². The van der Waals surface area contributed by atoms with Gasteiger partial charge in [-0.05, 0) is 12.8 Å². The predicted octanol–water partition coefficient (Wildman–Crippen LogP) is 0.548. The van der Waals surface area contributed by atoms with Crippen LogP contribution in [0, 0.1) is 11.3 Å². The van der Waals surface area contributed by atoms with Crippen molar-refractivity contribution in [3.63, 3.8) is 0 Å². The van der Waals surface area contributed by atoms with Gasteiger partial charge in [-0.25, -0.2) is 0 Å². The van der Waals surface area contributed by atoms with Gasteiger partial charge in [0.1, 0.15) is 0 Å². The van der Waals surface area contributed by atoms with Gasteiger partial charge in [-0.2, -0.15) is 5.26 Å². The molecule has 0 aliphatic heterocycles. The van der Waals surface area contributed by atoms with E-state index in [0.717, 1.165) is 0 Å². The number of carbonyl (C=O) groups excluding carboxylic acids is 1. The van der Waals surface area contributed by atoms with Crippen LogP contribution in [0.2, 0.25) is 0 Å². The molecule has 1 amide bonds. The van der Waals surface area contributed by atoms with Crippen LogP contribution < -0.4 is 10.6 Å². The van der Waals surface area contributed by atoms with E-state index in [4.69, 9.17) is 5.26 Å². The smallest absolute Gasteiger partial charge is 0.233 e. The molecule has 0 atom stereocenters. The lowest BCUT2D eigenvalue weighted by atomic mass is 10.2. The molecule has 0 aromatic heterocycles. The number of nitrogens with zero attached hydrogens (tertiary/aromatic N) is 1. The highest BCUT2D eigenvalue weighted by Gasteiger charge is 2.14. The molecule has 0 spiro atoms. The fraction of sp³-hybridized carbons (Fsp3) is 0.800. The number of hydrogen-bond donors (Lipinski definition) is 2. The number of carbonyl (C=O) groups is 1. The third-order valence-electron chi connectivity index (χ3n) is 2.47. The minimum absolute atomic E-state index is 0.00727. The van der Waals surface area contributed by atoms with Crippen LogP contribution in [0.5, 0.6) is 0 Å². The summed E-state index contributed by atoms with van der Waals surface area (Å²) in [6.45, 7) is 0.845.